The van der Waals surface area contributed by atoms with E-state index >= 15 is 0 Å². The lowest BCUT2D eigenvalue weighted by molar-refractivity contribution is -0.117. The Morgan fingerprint density at radius 2 is 2.05 bits per heavy atom. The molecule has 0 radical (unpaired) electrons. The first-order valence-corrected chi connectivity index (χ1v) is 7.42. The van der Waals surface area contributed by atoms with Crippen LogP contribution in [0.1, 0.15) is 32.2 Å². The lowest BCUT2D eigenvalue weighted by Crippen LogP contribution is -2.42. The average molecular weight is 295 g/mol. The van der Waals surface area contributed by atoms with E-state index in [9.17, 15) is 4.79 Å². The molecule has 0 spiro atoms. The van der Waals surface area contributed by atoms with Gasteiger partial charge in [-0.3, -0.25) is 14.4 Å². The summed E-state index contributed by atoms with van der Waals surface area (Å²) in [6.07, 6.45) is 0. The van der Waals surface area contributed by atoms with Crippen LogP contribution in [0.3, 0.4) is 0 Å². The second-order valence-corrected chi connectivity index (χ2v) is 6.39. The van der Waals surface area contributed by atoms with E-state index in [0.717, 1.165) is 30.2 Å². The second kappa shape index (κ2) is 7.04. The van der Waals surface area contributed by atoms with E-state index in [4.69, 9.17) is 5.73 Å². The molecular weight excluding hydrogens is 266 g/mol. The Kier molecular flexibility index (Phi) is 5.92. The maximum absolute atomic E-state index is 12.2. The minimum atomic E-state index is -0.0103. The zero-order valence-electron chi connectivity index (χ0n) is 14.2. The van der Waals surface area contributed by atoms with Crippen LogP contribution in [0.15, 0.2) is 0 Å². The fraction of sp³-hybridized carbons (Fsp3) is 0.733. The molecule has 1 aromatic heterocycles. The number of nitrogens with one attached hydrogen (secondary N) is 1. The Morgan fingerprint density at radius 3 is 2.48 bits per heavy atom. The molecule has 0 aliphatic rings. The number of aryl methyl sites for hydroxylation is 2. The second-order valence-electron chi connectivity index (χ2n) is 6.39. The monoisotopic (exact) mass is 295 g/mol. The van der Waals surface area contributed by atoms with Crippen LogP contribution < -0.4 is 11.1 Å². The third-order valence-electron chi connectivity index (χ3n) is 3.79. The van der Waals surface area contributed by atoms with Gasteiger partial charge in [0.1, 0.15) is 0 Å². The molecule has 1 heterocycles. The fourth-order valence-electron chi connectivity index (χ4n) is 2.29. The molecule has 0 saturated carbocycles. The zero-order valence-corrected chi connectivity index (χ0v) is 14.2. The normalized spacial score (nSPS) is 12.0. The highest BCUT2D eigenvalue weighted by Crippen LogP contribution is 2.19. The molecule has 0 aliphatic carbocycles. The molecule has 0 atom stereocenters. The summed E-state index contributed by atoms with van der Waals surface area (Å²) in [5.74, 6) is -0.0103. The van der Waals surface area contributed by atoms with E-state index in [-0.39, 0.29) is 11.3 Å². The van der Waals surface area contributed by atoms with Crippen LogP contribution in [0.25, 0.3) is 0 Å². The third kappa shape index (κ3) is 4.82. The van der Waals surface area contributed by atoms with Crippen molar-refractivity contribution in [2.45, 2.75) is 34.6 Å². The number of nitrogens with two attached hydrogens (primary N) is 1. The van der Waals surface area contributed by atoms with Crippen molar-refractivity contribution in [3.63, 3.8) is 0 Å². The first-order valence-electron chi connectivity index (χ1n) is 7.42. The van der Waals surface area contributed by atoms with Gasteiger partial charge in [-0.15, -0.1) is 0 Å². The van der Waals surface area contributed by atoms with Gasteiger partial charge in [-0.1, -0.05) is 20.8 Å². The molecule has 0 saturated heterocycles. The number of rotatable bonds is 7. The van der Waals surface area contributed by atoms with Crippen molar-refractivity contribution in [3.05, 3.63) is 11.4 Å². The lowest BCUT2D eigenvalue weighted by Gasteiger charge is -2.30. The molecule has 0 bridgehead atoms. The summed E-state index contributed by atoms with van der Waals surface area (Å²) < 4.78 is 1.78. The predicted octanol–water partition coefficient (Wildman–Crippen LogP) is 1.28. The van der Waals surface area contributed by atoms with Gasteiger partial charge >= 0.3 is 0 Å². The van der Waals surface area contributed by atoms with Gasteiger partial charge in [0.05, 0.1) is 23.6 Å². The summed E-state index contributed by atoms with van der Waals surface area (Å²) >= 11 is 0. The maximum atomic E-state index is 12.2. The molecule has 6 nitrogen and oxygen atoms in total. The number of aromatic nitrogens is 2. The fourth-order valence-corrected chi connectivity index (χ4v) is 2.29. The van der Waals surface area contributed by atoms with Crippen molar-refractivity contribution in [1.29, 1.82) is 0 Å². The smallest absolute Gasteiger partial charge is 0.238 e. The summed E-state index contributed by atoms with van der Waals surface area (Å²) in [4.78, 5) is 14.4. The highest BCUT2D eigenvalue weighted by atomic mass is 16.2. The van der Waals surface area contributed by atoms with E-state index in [1.165, 1.54) is 0 Å². The van der Waals surface area contributed by atoms with E-state index in [0.29, 0.717) is 13.1 Å². The average Bonchev–Trinajstić information content (AvgIpc) is 2.64. The first-order chi connectivity index (χ1) is 9.70. The largest absolute Gasteiger partial charge is 0.330 e. The number of amides is 1. The Bertz CT molecular complexity index is 492. The number of nitrogens with zero attached hydrogens (tertiary/aromatic N) is 3. The van der Waals surface area contributed by atoms with Crippen molar-refractivity contribution in [1.82, 2.24) is 14.7 Å². The number of carbonyl (C=O) groups excluding carboxylic acids is 1. The van der Waals surface area contributed by atoms with Gasteiger partial charge in [-0.05, 0) is 32.4 Å². The topological polar surface area (TPSA) is 76.2 Å². The molecule has 1 aromatic rings. The van der Waals surface area contributed by atoms with Crippen LogP contribution in [-0.2, 0) is 11.8 Å². The van der Waals surface area contributed by atoms with Gasteiger partial charge in [0.25, 0.3) is 0 Å². The lowest BCUT2D eigenvalue weighted by atomic mass is 9.93. The quantitative estimate of drug-likeness (QED) is 0.794. The number of carbonyl (C=O) groups is 1. The summed E-state index contributed by atoms with van der Waals surface area (Å²) in [5.41, 5.74) is 8.40. The molecule has 21 heavy (non-hydrogen) atoms. The molecule has 0 aromatic carbocycles. The molecule has 0 unspecified atom stereocenters. The van der Waals surface area contributed by atoms with Crippen molar-refractivity contribution < 1.29 is 4.79 Å². The van der Waals surface area contributed by atoms with Gasteiger partial charge in [0.15, 0.2) is 0 Å². The molecular formula is C15H29N5O. The highest BCUT2D eigenvalue weighted by Gasteiger charge is 2.21. The number of likely N-dealkylation sites (N-methyl/N-ethyl adjacent to an activating group) is 1. The molecule has 0 aliphatic heterocycles. The summed E-state index contributed by atoms with van der Waals surface area (Å²) in [6, 6.07) is 0. The van der Waals surface area contributed by atoms with E-state index < -0.39 is 0 Å². The summed E-state index contributed by atoms with van der Waals surface area (Å²) in [6.45, 7) is 12.7. The van der Waals surface area contributed by atoms with Crippen molar-refractivity contribution in [2.75, 3.05) is 31.5 Å². The molecule has 0 fully saturated rings. The van der Waals surface area contributed by atoms with Crippen LogP contribution in [0, 0.1) is 19.3 Å². The summed E-state index contributed by atoms with van der Waals surface area (Å²) in [7, 11) is 1.88. The van der Waals surface area contributed by atoms with E-state index in [1.54, 1.807) is 4.68 Å². The van der Waals surface area contributed by atoms with Gasteiger partial charge in [0.2, 0.25) is 5.91 Å². The van der Waals surface area contributed by atoms with Crippen molar-refractivity contribution in [3.8, 4) is 0 Å². The highest BCUT2D eigenvalue weighted by molar-refractivity contribution is 5.93. The van der Waals surface area contributed by atoms with E-state index in [2.05, 4.69) is 36.1 Å². The Hall–Kier alpha value is -1.40. The molecule has 1 amide bonds. The number of hydrogen-bond donors (Lipinski definition) is 2. The van der Waals surface area contributed by atoms with Crippen LogP contribution in [0.2, 0.25) is 0 Å². The number of hydrogen-bond acceptors (Lipinski definition) is 4. The summed E-state index contributed by atoms with van der Waals surface area (Å²) in [5, 5.41) is 7.28. The van der Waals surface area contributed by atoms with Crippen LogP contribution in [0.5, 0.6) is 0 Å². The van der Waals surface area contributed by atoms with Gasteiger partial charge in [-0.2, -0.15) is 5.10 Å². The minimum Gasteiger partial charge on any atom is -0.330 e. The standard InChI is InChI=1S/C15H29N5O/c1-7-20(10-15(4,5)9-16)8-13(21)17-14-11(2)18-19(6)12(14)3/h7-10,16H2,1-6H3,(H,17,21). The van der Waals surface area contributed by atoms with Gasteiger partial charge in [0, 0.05) is 13.6 Å². The Balaban J connectivity index is 2.67. The predicted molar refractivity (Wildman–Crippen MR) is 86.3 cm³/mol. The molecule has 1 rings (SSSR count). The van der Waals surface area contributed by atoms with Crippen LogP contribution >= 0.6 is 0 Å². The third-order valence-corrected chi connectivity index (χ3v) is 3.79. The van der Waals surface area contributed by atoms with Gasteiger partial charge in [-0.25, -0.2) is 0 Å². The van der Waals surface area contributed by atoms with Crippen LogP contribution in [0.4, 0.5) is 5.69 Å². The first kappa shape index (κ1) is 17.7. The van der Waals surface area contributed by atoms with E-state index in [1.807, 2.05) is 20.9 Å². The molecule has 6 heteroatoms. The minimum absolute atomic E-state index is 0.0103. The zero-order chi connectivity index (χ0) is 16.2. The maximum Gasteiger partial charge on any atom is 0.238 e. The Morgan fingerprint density at radius 1 is 1.43 bits per heavy atom. The molecule has 3 N–H and O–H groups in total. The van der Waals surface area contributed by atoms with Crippen molar-refractivity contribution in [2.24, 2.45) is 18.2 Å². The van der Waals surface area contributed by atoms with Crippen LogP contribution in [-0.4, -0.2) is 46.8 Å². The van der Waals surface area contributed by atoms with Gasteiger partial charge < -0.3 is 11.1 Å². The molecule has 120 valence electrons. The number of anilines is 1. The SMILES string of the molecule is CCN(CC(=O)Nc1c(C)nn(C)c1C)CC(C)(C)CN. The van der Waals surface area contributed by atoms with Crippen molar-refractivity contribution >= 4 is 11.6 Å². The Labute approximate surface area is 127 Å².